The molecule has 0 spiro atoms. The highest BCUT2D eigenvalue weighted by Gasteiger charge is 2.31. The normalized spacial score (nSPS) is 14.0. The van der Waals surface area contributed by atoms with Gasteiger partial charge in [-0.1, -0.05) is 45.9 Å². The van der Waals surface area contributed by atoms with Crippen molar-refractivity contribution in [2.24, 2.45) is 0 Å². The third-order valence-corrected chi connectivity index (χ3v) is 5.48. The van der Waals surface area contributed by atoms with E-state index >= 15 is 0 Å². The van der Waals surface area contributed by atoms with Crippen LogP contribution in [0.3, 0.4) is 0 Å². The zero-order chi connectivity index (χ0) is 14.8. The minimum atomic E-state index is -0.168. The van der Waals surface area contributed by atoms with Crippen LogP contribution in [0.5, 0.6) is 0 Å². The molecular formula is C16H15NO2S2. The highest BCUT2D eigenvalue weighted by atomic mass is 33.1. The van der Waals surface area contributed by atoms with Crippen LogP contribution in [0.4, 0.5) is 0 Å². The van der Waals surface area contributed by atoms with Crippen molar-refractivity contribution in [1.82, 2.24) is 4.90 Å². The lowest BCUT2D eigenvalue weighted by Gasteiger charge is -2.27. The number of carbonyl (C=O) groups is 2. The van der Waals surface area contributed by atoms with Gasteiger partial charge in [0.05, 0.1) is 0 Å². The average molecular weight is 317 g/mol. The molecule has 0 fully saturated rings. The maximum Gasteiger partial charge on any atom is 0.261 e. The summed E-state index contributed by atoms with van der Waals surface area (Å²) in [6.07, 6.45) is 2.85. The predicted molar refractivity (Wildman–Crippen MR) is 89.9 cm³/mol. The smallest absolute Gasteiger partial charge is 0.261 e. The fraction of sp³-hybridized carbons (Fsp3) is 0.250. The van der Waals surface area contributed by atoms with Gasteiger partial charge in [-0.3, -0.25) is 14.5 Å². The Morgan fingerprint density at radius 2 is 1.62 bits per heavy atom. The molecule has 2 amide bonds. The summed E-state index contributed by atoms with van der Waals surface area (Å²) in [6.45, 7) is 0.482. The van der Waals surface area contributed by atoms with Crippen LogP contribution in [-0.4, -0.2) is 35.3 Å². The Bertz CT molecular complexity index is 664. The van der Waals surface area contributed by atoms with Crippen LogP contribution >= 0.6 is 21.6 Å². The van der Waals surface area contributed by atoms with Gasteiger partial charge in [-0.25, -0.2) is 0 Å². The lowest BCUT2D eigenvalue weighted by molar-refractivity contribution is 0.0611. The standard InChI is InChI=1S/C16H15NO2S2/c1-20-21-10-4-9-17-15(18)12-7-2-5-11-6-3-8-13(14(11)12)16(17)19/h2-3,5-8H,4,9-10H2,1H3. The van der Waals surface area contributed by atoms with Crippen molar-refractivity contribution in [1.29, 1.82) is 0 Å². The third-order valence-electron chi connectivity index (χ3n) is 3.58. The van der Waals surface area contributed by atoms with Gasteiger partial charge in [-0.2, -0.15) is 0 Å². The molecule has 2 aromatic carbocycles. The summed E-state index contributed by atoms with van der Waals surface area (Å²) in [5.74, 6) is 0.598. The predicted octanol–water partition coefficient (Wildman–Crippen LogP) is 3.84. The van der Waals surface area contributed by atoms with Crippen molar-refractivity contribution in [3.05, 3.63) is 47.5 Å². The van der Waals surface area contributed by atoms with Gasteiger partial charge >= 0.3 is 0 Å². The van der Waals surface area contributed by atoms with Crippen molar-refractivity contribution in [2.75, 3.05) is 18.6 Å². The molecule has 1 aliphatic rings. The fourth-order valence-corrected chi connectivity index (χ4v) is 3.92. The van der Waals surface area contributed by atoms with Gasteiger partial charge in [0, 0.05) is 28.8 Å². The van der Waals surface area contributed by atoms with E-state index in [2.05, 4.69) is 0 Å². The highest BCUT2D eigenvalue weighted by molar-refractivity contribution is 8.76. The fourth-order valence-electron chi connectivity index (χ4n) is 2.65. The summed E-state index contributed by atoms with van der Waals surface area (Å²) >= 11 is 0. The van der Waals surface area contributed by atoms with Crippen molar-refractivity contribution in [2.45, 2.75) is 6.42 Å². The van der Waals surface area contributed by atoms with Crippen LogP contribution in [0, 0.1) is 0 Å². The Balaban J connectivity index is 1.95. The van der Waals surface area contributed by atoms with Crippen molar-refractivity contribution >= 4 is 44.2 Å². The van der Waals surface area contributed by atoms with E-state index in [0.717, 1.165) is 22.9 Å². The number of imide groups is 1. The molecule has 0 saturated heterocycles. The summed E-state index contributed by atoms with van der Waals surface area (Å²) in [5, 5.41) is 1.74. The molecule has 108 valence electrons. The van der Waals surface area contributed by atoms with Crippen LogP contribution in [0.25, 0.3) is 10.8 Å². The molecule has 3 rings (SSSR count). The number of rotatable bonds is 5. The number of benzene rings is 2. The molecule has 0 unspecified atom stereocenters. The van der Waals surface area contributed by atoms with Gasteiger partial charge < -0.3 is 0 Å². The number of carbonyl (C=O) groups excluding carboxylic acids is 2. The first-order valence-electron chi connectivity index (χ1n) is 6.77. The summed E-state index contributed by atoms with van der Waals surface area (Å²) in [7, 11) is 3.45. The topological polar surface area (TPSA) is 37.4 Å². The molecule has 0 aliphatic carbocycles. The maximum atomic E-state index is 12.6. The van der Waals surface area contributed by atoms with E-state index in [9.17, 15) is 9.59 Å². The van der Waals surface area contributed by atoms with Crippen LogP contribution < -0.4 is 0 Å². The van der Waals surface area contributed by atoms with Crippen LogP contribution in [-0.2, 0) is 0 Å². The first kappa shape index (κ1) is 14.5. The number of hydrogen-bond donors (Lipinski definition) is 0. The monoisotopic (exact) mass is 317 g/mol. The molecule has 21 heavy (non-hydrogen) atoms. The molecule has 1 aliphatic heterocycles. The molecule has 0 radical (unpaired) electrons. The first-order chi connectivity index (χ1) is 10.2. The quantitative estimate of drug-likeness (QED) is 0.477. The second-order valence-corrected chi connectivity index (χ2v) is 7.50. The Morgan fingerprint density at radius 1 is 1.00 bits per heavy atom. The van der Waals surface area contributed by atoms with E-state index in [0.29, 0.717) is 17.7 Å². The second-order valence-electron chi connectivity index (χ2n) is 4.81. The van der Waals surface area contributed by atoms with E-state index in [-0.39, 0.29) is 11.8 Å². The van der Waals surface area contributed by atoms with Gasteiger partial charge in [-0.15, -0.1) is 0 Å². The van der Waals surface area contributed by atoms with Crippen molar-refractivity contribution < 1.29 is 9.59 Å². The molecule has 3 nitrogen and oxygen atoms in total. The zero-order valence-electron chi connectivity index (χ0n) is 11.7. The molecule has 0 saturated carbocycles. The third kappa shape index (κ3) is 2.56. The van der Waals surface area contributed by atoms with Crippen molar-refractivity contribution in [3.8, 4) is 0 Å². The molecule has 2 aromatic rings. The average Bonchev–Trinajstić information content (AvgIpc) is 2.51. The van der Waals surface area contributed by atoms with Gasteiger partial charge in [-0.05, 0) is 30.2 Å². The van der Waals surface area contributed by atoms with Crippen LogP contribution in [0.15, 0.2) is 36.4 Å². The van der Waals surface area contributed by atoms with E-state index in [4.69, 9.17) is 0 Å². The largest absolute Gasteiger partial charge is 0.274 e. The highest BCUT2D eigenvalue weighted by Crippen LogP contribution is 2.30. The van der Waals surface area contributed by atoms with E-state index < -0.39 is 0 Å². The van der Waals surface area contributed by atoms with Crippen molar-refractivity contribution in [3.63, 3.8) is 0 Å². The Hall–Kier alpha value is -1.46. The Labute approximate surface area is 131 Å². The van der Waals surface area contributed by atoms with E-state index in [1.165, 1.54) is 4.90 Å². The molecule has 1 heterocycles. The molecule has 0 atom stereocenters. The lowest BCUT2D eigenvalue weighted by atomic mass is 9.94. The molecule has 0 aromatic heterocycles. The first-order valence-corrected chi connectivity index (χ1v) is 9.50. The van der Waals surface area contributed by atoms with Gasteiger partial charge in [0.25, 0.3) is 11.8 Å². The minimum absolute atomic E-state index is 0.168. The maximum absolute atomic E-state index is 12.6. The van der Waals surface area contributed by atoms with Gasteiger partial charge in [0.15, 0.2) is 0 Å². The Morgan fingerprint density at radius 3 is 2.19 bits per heavy atom. The minimum Gasteiger partial charge on any atom is -0.274 e. The second kappa shape index (κ2) is 6.12. The van der Waals surface area contributed by atoms with Gasteiger partial charge in [0.1, 0.15) is 0 Å². The van der Waals surface area contributed by atoms with Crippen LogP contribution in [0.1, 0.15) is 27.1 Å². The zero-order valence-corrected chi connectivity index (χ0v) is 13.3. The van der Waals surface area contributed by atoms with E-state index in [1.807, 2.05) is 42.7 Å². The number of amides is 2. The molecule has 5 heteroatoms. The molecule has 0 N–H and O–H groups in total. The number of hydrogen-bond acceptors (Lipinski definition) is 4. The molecule has 0 bridgehead atoms. The van der Waals surface area contributed by atoms with Gasteiger partial charge in [0.2, 0.25) is 0 Å². The lowest BCUT2D eigenvalue weighted by Crippen LogP contribution is -2.41. The Kier molecular flexibility index (Phi) is 4.22. The molecular weight excluding hydrogens is 302 g/mol. The summed E-state index contributed by atoms with van der Waals surface area (Å²) < 4.78 is 0. The number of nitrogens with zero attached hydrogens (tertiary/aromatic N) is 1. The summed E-state index contributed by atoms with van der Waals surface area (Å²) in [4.78, 5) is 26.5. The summed E-state index contributed by atoms with van der Waals surface area (Å²) in [6, 6.07) is 11.2. The van der Waals surface area contributed by atoms with Crippen LogP contribution in [0.2, 0.25) is 0 Å². The SMILES string of the molecule is CSSCCCN1C(=O)c2cccc3cccc(c23)C1=O. The van der Waals surface area contributed by atoms with E-state index in [1.54, 1.807) is 21.6 Å². The summed E-state index contributed by atoms with van der Waals surface area (Å²) in [5.41, 5.74) is 1.28.